The minimum atomic E-state index is -0.694. The molecule has 0 unspecified atom stereocenters. The Labute approximate surface area is 118 Å². The molecule has 0 spiro atoms. The molecule has 0 bridgehead atoms. The molecular formula is C15H20N2O3. The van der Waals surface area contributed by atoms with Crippen LogP contribution in [0, 0.1) is 0 Å². The first-order valence-corrected chi connectivity index (χ1v) is 6.74. The van der Waals surface area contributed by atoms with E-state index in [1.54, 1.807) is 24.3 Å². The highest BCUT2D eigenvalue weighted by atomic mass is 16.5. The third-order valence-electron chi connectivity index (χ3n) is 3.88. The summed E-state index contributed by atoms with van der Waals surface area (Å²) in [5, 5.41) is 2.92. The molecular weight excluding hydrogens is 256 g/mol. The van der Waals surface area contributed by atoms with Gasteiger partial charge in [0, 0.05) is 0 Å². The normalized spacial score (nSPS) is 17.8. The van der Waals surface area contributed by atoms with E-state index in [9.17, 15) is 9.59 Å². The highest BCUT2D eigenvalue weighted by Crippen LogP contribution is 2.30. The molecule has 1 fully saturated rings. The van der Waals surface area contributed by atoms with Crippen LogP contribution in [0.4, 0.5) is 0 Å². The quantitative estimate of drug-likeness (QED) is 0.817. The number of rotatable bonds is 4. The molecule has 0 aliphatic heterocycles. The molecule has 1 amide bonds. The van der Waals surface area contributed by atoms with Crippen molar-refractivity contribution in [2.45, 2.75) is 37.8 Å². The Balaban J connectivity index is 2.00. The van der Waals surface area contributed by atoms with E-state index in [0.29, 0.717) is 5.56 Å². The predicted octanol–water partition coefficient (Wildman–Crippen LogP) is 1.53. The topological polar surface area (TPSA) is 81.4 Å². The number of nitrogens with two attached hydrogens (primary N) is 1. The van der Waals surface area contributed by atoms with Crippen LogP contribution in [0.3, 0.4) is 0 Å². The lowest BCUT2D eigenvalue weighted by Crippen LogP contribution is -2.58. The molecule has 5 heteroatoms. The van der Waals surface area contributed by atoms with E-state index >= 15 is 0 Å². The first kappa shape index (κ1) is 14.5. The van der Waals surface area contributed by atoms with Crippen LogP contribution in [-0.2, 0) is 9.53 Å². The number of esters is 1. The first-order valence-electron chi connectivity index (χ1n) is 6.74. The number of ether oxygens (including phenoxy) is 1. The number of nitrogens with one attached hydrogen (secondary N) is 1. The molecule has 0 radical (unpaired) electrons. The van der Waals surface area contributed by atoms with Gasteiger partial charge in [-0.05, 0) is 43.9 Å². The highest BCUT2D eigenvalue weighted by molar-refractivity contribution is 5.89. The van der Waals surface area contributed by atoms with E-state index in [4.69, 9.17) is 5.73 Å². The number of methoxy groups -OCH3 is 1. The van der Waals surface area contributed by atoms with Crippen molar-refractivity contribution in [2.24, 2.45) is 5.73 Å². The molecule has 0 heterocycles. The van der Waals surface area contributed by atoms with Crippen LogP contribution in [0.5, 0.6) is 0 Å². The first-order chi connectivity index (χ1) is 9.46. The number of hydrogen-bond donors (Lipinski definition) is 2. The SMILES string of the molecule is COC(=O)c1ccc([C@H](C)NC(=O)C2(N)CCC2)cc1. The predicted molar refractivity (Wildman–Crippen MR) is 75.1 cm³/mol. The van der Waals surface area contributed by atoms with Gasteiger partial charge in [-0.15, -0.1) is 0 Å². The van der Waals surface area contributed by atoms with Gasteiger partial charge in [0.25, 0.3) is 0 Å². The van der Waals surface area contributed by atoms with Gasteiger partial charge >= 0.3 is 5.97 Å². The molecule has 1 aromatic carbocycles. The van der Waals surface area contributed by atoms with E-state index in [1.165, 1.54) is 7.11 Å². The Bertz CT molecular complexity index is 506. The van der Waals surface area contributed by atoms with Crippen LogP contribution in [-0.4, -0.2) is 24.5 Å². The van der Waals surface area contributed by atoms with Gasteiger partial charge in [0.05, 0.1) is 24.3 Å². The van der Waals surface area contributed by atoms with E-state index in [0.717, 1.165) is 24.8 Å². The van der Waals surface area contributed by atoms with Crippen LogP contribution in [0.25, 0.3) is 0 Å². The Morgan fingerprint density at radius 1 is 1.30 bits per heavy atom. The van der Waals surface area contributed by atoms with Gasteiger partial charge in [0.2, 0.25) is 5.91 Å². The maximum Gasteiger partial charge on any atom is 0.337 e. The molecule has 1 aliphatic carbocycles. The lowest BCUT2D eigenvalue weighted by Gasteiger charge is -2.37. The maximum absolute atomic E-state index is 12.0. The molecule has 108 valence electrons. The fourth-order valence-corrected chi connectivity index (χ4v) is 2.23. The maximum atomic E-state index is 12.0. The molecule has 1 aliphatic rings. The zero-order valence-corrected chi connectivity index (χ0v) is 11.8. The summed E-state index contributed by atoms with van der Waals surface area (Å²) < 4.78 is 4.64. The van der Waals surface area contributed by atoms with Crippen molar-refractivity contribution in [2.75, 3.05) is 7.11 Å². The van der Waals surface area contributed by atoms with Crippen molar-refractivity contribution in [1.82, 2.24) is 5.32 Å². The van der Waals surface area contributed by atoms with Gasteiger partial charge in [-0.25, -0.2) is 4.79 Å². The van der Waals surface area contributed by atoms with Crippen molar-refractivity contribution in [3.05, 3.63) is 35.4 Å². The second-order valence-electron chi connectivity index (χ2n) is 5.32. The summed E-state index contributed by atoms with van der Waals surface area (Å²) in [4.78, 5) is 23.4. The van der Waals surface area contributed by atoms with Crippen molar-refractivity contribution in [1.29, 1.82) is 0 Å². The monoisotopic (exact) mass is 276 g/mol. The largest absolute Gasteiger partial charge is 0.465 e. The van der Waals surface area contributed by atoms with Crippen molar-refractivity contribution >= 4 is 11.9 Å². The summed E-state index contributed by atoms with van der Waals surface area (Å²) in [7, 11) is 1.35. The lowest BCUT2D eigenvalue weighted by atomic mass is 9.77. The molecule has 0 aromatic heterocycles. The molecule has 3 N–H and O–H groups in total. The van der Waals surface area contributed by atoms with Crippen molar-refractivity contribution < 1.29 is 14.3 Å². The summed E-state index contributed by atoms with van der Waals surface area (Å²) in [6.45, 7) is 1.90. The summed E-state index contributed by atoms with van der Waals surface area (Å²) >= 11 is 0. The molecule has 2 rings (SSSR count). The average molecular weight is 276 g/mol. The van der Waals surface area contributed by atoms with E-state index in [2.05, 4.69) is 10.1 Å². The molecule has 5 nitrogen and oxygen atoms in total. The van der Waals surface area contributed by atoms with Crippen LogP contribution < -0.4 is 11.1 Å². The number of amides is 1. The minimum absolute atomic E-state index is 0.103. The number of carbonyl (C=O) groups is 2. The van der Waals surface area contributed by atoms with Gasteiger partial charge < -0.3 is 15.8 Å². The van der Waals surface area contributed by atoms with Gasteiger partial charge in [0.15, 0.2) is 0 Å². The van der Waals surface area contributed by atoms with Crippen LogP contribution >= 0.6 is 0 Å². The fraction of sp³-hybridized carbons (Fsp3) is 0.467. The Hall–Kier alpha value is -1.88. The van der Waals surface area contributed by atoms with Gasteiger partial charge in [-0.1, -0.05) is 12.1 Å². The smallest absolute Gasteiger partial charge is 0.337 e. The Morgan fingerprint density at radius 2 is 1.90 bits per heavy atom. The molecule has 1 saturated carbocycles. The lowest BCUT2D eigenvalue weighted by molar-refractivity contribution is -0.129. The molecule has 0 saturated heterocycles. The number of benzene rings is 1. The average Bonchev–Trinajstić information content (AvgIpc) is 2.43. The van der Waals surface area contributed by atoms with Crippen molar-refractivity contribution in [3.63, 3.8) is 0 Å². The zero-order valence-electron chi connectivity index (χ0n) is 11.8. The second kappa shape index (κ2) is 5.63. The van der Waals surface area contributed by atoms with Crippen LogP contribution in [0.15, 0.2) is 24.3 Å². The Morgan fingerprint density at radius 3 is 2.35 bits per heavy atom. The van der Waals surface area contributed by atoms with E-state index in [-0.39, 0.29) is 17.9 Å². The summed E-state index contributed by atoms with van der Waals surface area (Å²) in [5.74, 6) is -0.475. The summed E-state index contributed by atoms with van der Waals surface area (Å²) in [6.07, 6.45) is 2.49. The minimum Gasteiger partial charge on any atom is -0.465 e. The fourth-order valence-electron chi connectivity index (χ4n) is 2.23. The second-order valence-corrected chi connectivity index (χ2v) is 5.32. The highest BCUT2D eigenvalue weighted by Gasteiger charge is 2.40. The molecule has 20 heavy (non-hydrogen) atoms. The van der Waals surface area contributed by atoms with Crippen molar-refractivity contribution in [3.8, 4) is 0 Å². The molecule has 1 aromatic rings. The van der Waals surface area contributed by atoms with Gasteiger partial charge in [-0.3, -0.25) is 4.79 Å². The van der Waals surface area contributed by atoms with Crippen LogP contribution in [0.2, 0.25) is 0 Å². The van der Waals surface area contributed by atoms with Crippen LogP contribution in [0.1, 0.15) is 48.1 Å². The number of hydrogen-bond acceptors (Lipinski definition) is 4. The summed E-state index contributed by atoms with van der Waals surface area (Å²) in [5.41, 5.74) is 6.70. The third-order valence-corrected chi connectivity index (χ3v) is 3.88. The van der Waals surface area contributed by atoms with Gasteiger partial charge in [0.1, 0.15) is 0 Å². The van der Waals surface area contributed by atoms with Gasteiger partial charge in [-0.2, -0.15) is 0 Å². The zero-order chi connectivity index (χ0) is 14.8. The number of carbonyl (C=O) groups excluding carboxylic acids is 2. The molecule has 1 atom stereocenters. The Kier molecular flexibility index (Phi) is 4.09. The van der Waals surface area contributed by atoms with E-state index in [1.807, 2.05) is 6.92 Å². The third kappa shape index (κ3) is 2.82. The summed E-state index contributed by atoms with van der Waals surface area (Å²) in [6, 6.07) is 6.84. The standard InChI is InChI=1S/C15H20N2O3/c1-10(17-14(19)15(16)8-3-9-15)11-4-6-12(7-5-11)13(18)20-2/h4-7,10H,3,8-9,16H2,1-2H3,(H,17,19)/t10-/m0/s1. The van der Waals surface area contributed by atoms with E-state index < -0.39 is 5.54 Å².